The van der Waals surface area contributed by atoms with Crippen molar-refractivity contribution < 1.29 is 0 Å². The Bertz CT molecular complexity index is 395. The molecule has 1 aromatic rings. The lowest BCUT2D eigenvalue weighted by Gasteiger charge is -2.28. The predicted octanol–water partition coefficient (Wildman–Crippen LogP) is 2.88. The van der Waals surface area contributed by atoms with Gasteiger partial charge in [0.15, 0.2) is 0 Å². The smallest absolute Gasteiger partial charge is 0.0949 e. The molecule has 2 N–H and O–H groups in total. The van der Waals surface area contributed by atoms with Gasteiger partial charge < -0.3 is 15.2 Å². The Morgan fingerprint density at radius 1 is 1.24 bits per heavy atom. The molecule has 1 aromatic heterocycles. The van der Waals surface area contributed by atoms with Crippen molar-refractivity contribution in [1.29, 1.82) is 0 Å². The zero-order chi connectivity index (χ0) is 14.5. The van der Waals surface area contributed by atoms with Gasteiger partial charge in [0.2, 0.25) is 0 Å². The summed E-state index contributed by atoms with van der Waals surface area (Å²) in [5, 5.41) is 7.62. The monoisotopic (exact) mass is 290 g/mol. The van der Waals surface area contributed by atoms with Gasteiger partial charge in [-0.15, -0.1) is 0 Å². The van der Waals surface area contributed by atoms with Gasteiger partial charge in [0, 0.05) is 36.6 Å². The van der Waals surface area contributed by atoms with E-state index in [1.54, 1.807) is 0 Å². The second-order valence-corrected chi connectivity index (χ2v) is 6.92. The predicted molar refractivity (Wildman–Crippen MR) is 86.4 cm³/mol. The van der Waals surface area contributed by atoms with Crippen molar-refractivity contribution in [3.63, 3.8) is 0 Å². The first-order chi connectivity index (χ1) is 10.3. The molecule has 4 heteroatoms. The number of rotatable bonds is 5. The van der Waals surface area contributed by atoms with Crippen molar-refractivity contribution >= 4 is 0 Å². The van der Waals surface area contributed by atoms with Crippen molar-refractivity contribution in [3.05, 3.63) is 18.7 Å². The Balaban J connectivity index is 1.50. The lowest BCUT2D eigenvalue weighted by molar-refractivity contribution is 0.326. The lowest BCUT2D eigenvalue weighted by atomic mass is 10.0. The summed E-state index contributed by atoms with van der Waals surface area (Å²) in [4.78, 5) is 4.21. The second kappa shape index (κ2) is 7.41. The zero-order valence-corrected chi connectivity index (χ0v) is 13.3. The number of nitrogens with zero attached hydrogens (tertiary/aromatic N) is 2. The van der Waals surface area contributed by atoms with Gasteiger partial charge in [-0.2, -0.15) is 0 Å². The van der Waals surface area contributed by atoms with Crippen LogP contribution < -0.4 is 10.6 Å². The van der Waals surface area contributed by atoms with E-state index in [9.17, 15) is 0 Å². The van der Waals surface area contributed by atoms with Crippen LogP contribution in [0, 0.1) is 0 Å². The minimum Gasteiger partial charge on any atom is -0.333 e. The standard InChI is InChI=1S/C17H30N4/c1-14(12-15-6-3-2-4-9-19-15)20-16-7-5-8-17(16)21-11-10-18-13-21/h10-11,13-17,19-20H,2-9,12H2,1H3. The molecule has 1 saturated carbocycles. The Morgan fingerprint density at radius 2 is 2.19 bits per heavy atom. The fraction of sp³-hybridized carbons (Fsp3) is 0.824. The largest absolute Gasteiger partial charge is 0.333 e. The summed E-state index contributed by atoms with van der Waals surface area (Å²) in [7, 11) is 0. The minimum atomic E-state index is 0.592. The van der Waals surface area contributed by atoms with Crippen LogP contribution in [0.1, 0.15) is 64.3 Å². The minimum absolute atomic E-state index is 0.592. The topological polar surface area (TPSA) is 41.9 Å². The molecule has 0 spiro atoms. The summed E-state index contributed by atoms with van der Waals surface area (Å²) < 4.78 is 2.29. The van der Waals surface area contributed by atoms with Crippen LogP contribution in [0.5, 0.6) is 0 Å². The van der Waals surface area contributed by atoms with Crippen LogP contribution in [0.2, 0.25) is 0 Å². The van der Waals surface area contributed by atoms with Crippen LogP contribution in [-0.4, -0.2) is 34.2 Å². The third-order valence-corrected chi connectivity index (χ3v) is 5.19. The summed E-state index contributed by atoms with van der Waals surface area (Å²) >= 11 is 0. The third kappa shape index (κ3) is 4.07. The molecule has 1 aliphatic heterocycles. The molecule has 3 rings (SSSR count). The molecule has 118 valence electrons. The highest BCUT2D eigenvalue weighted by Gasteiger charge is 2.29. The molecule has 21 heavy (non-hydrogen) atoms. The normalized spacial score (nSPS) is 32.0. The molecule has 0 bridgehead atoms. The van der Waals surface area contributed by atoms with Crippen molar-refractivity contribution in [1.82, 2.24) is 20.2 Å². The quantitative estimate of drug-likeness (QED) is 0.876. The van der Waals surface area contributed by atoms with Gasteiger partial charge in [-0.3, -0.25) is 0 Å². The number of aromatic nitrogens is 2. The fourth-order valence-corrected chi connectivity index (χ4v) is 4.12. The molecule has 2 aliphatic rings. The molecular weight excluding hydrogens is 260 g/mol. The van der Waals surface area contributed by atoms with Crippen LogP contribution >= 0.6 is 0 Å². The highest BCUT2D eigenvalue weighted by molar-refractivity contribution is 4.93. The van der Waals surface area contributed by atoms with E-state index in [1.165, 1.54) is 57.9 Å². The van der Waals surface area contributed by atoms with E-state index in [2.05, 4.69) is 33.3 Å². The highest BCUT2D eigenvalue weighted by Crippen LogP contribution is 2.30. The summed E-state index contributed by atoms with van der Waals surface area (Å²) in [5.74, 6) is 0. The van der Waals surface area contributed by atoms with E-state index in [0.29, 0.717) is 24.2 Å². The maximum atomic E-state index is 4.21. The summed E-state index contributed by atoms with van der Waals surface area (Å²) in [6.07, 6.45) is 16.6. The molecule has 1 saturated heterocycles. The van der Waals surface area contributed by atoms with Gasteiger partial charge in [0.1, 0.15) is 0 Å². The molecule has 0 aromatic carbocycles. The van der Waals surface area contributed by atoms with Gasteiger partial charge in [-0.05, 0) is 52.0 Å². The first-order valence-electron chi connectivity index (χ1n) is 8.80. The average molecular weight is 290 g/mol. The summed E-state index contributed by atoms with van der Waals surface area (Å²) in [6.45, 7) is 3.56. The van der Waals surface area contributed by atoms with Gasteiger partial charge in [-0.1, -0.05) is 12.8 Å². The fourth-order valence-electron chi connectivity index (χ4n) is 4.12. The van der Waals surface area contributed by atoms with Crippen molar-refractivity contribution in [2.45, 2.75) is 82.5 Å². The molecule has 4 atom stereocenters. The first-order valence-corrected chi connectivity index (χ1v) is 8.80. The molecule has 2 heterocycles. The van der Waals surface area contributed by atoms with Crippen LogP contribution in [0.3, 0.4) is 0 Å². The first kappa shape index (κ1) is 15.0. The molecular formula is C17H30N4. The SMILES string of the molecule is CC(CC1CCCCCN1)NC1CCCC1n1ccnc1. The lowest BCUT2D eigenvalue weighted by Crippen LogP contribution is -2.43. The molecule has 4 unspecified atom stereocenters. The Hall–Kier alpha value is -0.870. The van der Waals surface area contributed by atoms with E-state index >= 15 is 0 Å². The summed E-state index contributed by atoms with van der Waals surface area (Å²) in [5.41, 5.74) is 0. The summed E-state index contributed by atoms with van der Waals surface area (Å²) in [6, 6.07) is 2.51. The van der Waals surface area contributed by atoms with Crippen molar-refractivity contribution in [2.24, 2.45) is 0 Å². The van der Waals surface area contributed by atoms with E-state index in [4.69, 9.17) is 0 Å². The van der Waals surface area contributed by atoms with Crippen molar-refractivity contribution in [2.75, 3.05) is 6.54 Å². The van der Waals surface area contributed by atoms with Gasteiger partial charge in [0.25, 0.3) is 0 Å². The number of hydrogen-bond acceptors (Lipinski definition) is 3. The molecule has 0 radical (unpaired) electrons. The molecule has 2 fully saturated rings. The Kier molecular flexibility index (Phi) is 5.31. The second-order valence-electron chi connectivity index (χ2n) is 6.92. The van der Waals surface area contributed by atoms with Crippen LogP contribution in [0.25, 0.3) is 0 Å². The highest BCUT2D eigenvalue weighted by atomic mass is 15.1. The molecule has 4 nitrogen and oxygen atoms in total. The number of imidazole rings is 1. The van der Waals surface area contributed by atoms with Gasteiger partial charge in [-0.25, -0.2) is 4.98 Å². The Labute approximate surface area is 128 Å². The Morgan fingerprint density at radius 3 is 3.05 bits per heavy atom. The van der Waals surface area contributed by atoms with Crippen LogP contribution in [0.15, 0.2) is 18.7 Å². The average Bonchev–Trinajstić information content (AvgIpc) is 3.07. The van der Waals surface area contributed by atoms with Crippen LogP contribution in [0.4, 0.5) is 0 Å². The van der Waals surface area contributed by atoms with Gasteiger partial charge >= 0.3 is 0 Å². The maximum Gasteiger partial charge on any atom is 0.0949 e. The van der Waals surface area contributed by atoms with Crippen molar-refractivity contribution in [3.8, 4) is 0 Å². The number of nitrogens with one attached hydrogen (secondary N) is 2. The van der Waals surface area contributed by atoms with E-state index in [1.807, 2.05) is 12.5 Å². The number of hydrogen-bond donors (Lipinski definition) is 2. The van der Waals surface area contributed by atoms with E-state index < -0.39 is 0 Å². The maximum absolute atomic E-state index is 4.21. The van der Waals surface area contributed by atoms with Gasteiger partial charge in [0.05, 0.1) is 6.33 Å². The molecule has 0 amide bonds. The van der Waals surface area contributed by atoms with Crippen LogP contribution in [-0.2, 0) is 0 Å². The van der Waals surface area contributed by atoms with E-state index in [-0.39, 0.29) is 0 Å². The van der Waals surface area contributed by atoms with E-state index in [0.717, 1.165) is 0 Å². The zero-order valence-electron chi connectivity index (χ0n) is 13.3. The molecule has 1 aliphatic carbocycles. The third-order valence-electron chi connectivity index (χ3n) is 5.19.